The molecular formula is C17H26N2S. The lowest BCUT2D eigenvalue weighted by Gasteiger charge is -2.29. The van der Waals surface area contributed by atoms with Crippen molar-refractivity contribution in [3.63, 3.8) is 0 Å². The fourth-order valence-corrected chi connectivity index (χ4v) is 4.79. The van der Waals surface area contributed by atoms with Crippen LogP contribution in [0.3, 0.4) is 0 Å². The molecule has 0 aromatic heterocycles. The van der Waals surface area contributed by atoms with Crippen molar-refractivity contribution < 1.29 is 0 Å². The molecule has 0 amide bonds. The van der Waals surface area contributed by atoms with E-state index < -0.39 is 0 Å². The fraction of sp³-hybridized carbons (Fsp3) is 0.647. The van der Waals surface area contributed by atoms with Crippen LogP contribution in [0.15, 0.2) is 29.2 Å². The predicted octanol–water partition coefficient (Wildman–Crippen LogP) is 4.40. The minimum atomic E-state index is 0.385. The summed E-state index contributed by atoms with van der Waals surface area (Å²) < 4.78 is 0. The highest BCUT2D eigenvalue weighted by Crippen LogP contribution is 2.38. The summed E-state index contributed by atoms with van der Waals surface area (Å²) in [5.74, 6) is 0. The van der Waals surface area contributed by atoms with E-state index in [9.17, 15) is 0 Å². The first kappa shape index (κ1) is 14.3. The molecule has 110 valence electrons. The molecule has 0 bridgehead atoms. The molecule has 2 aliphatic rings. The van der Waals surface area contributed by atoms with Crippen molar-refractivity contribution in [2.75, 3.05) is 5.32 Å². The van der Waals surface area contributed by atoms with Gasteiger partial charge in [-0.15, -0.1) is 11.8 Å². The summed E-state index contributed by atoms with van der Waals surface area (Å²) in [6.45, 7) is 0. The van der Waals surface area contributed by atoms with Crippen LogP contribution < -0.4 is 11.1 Å². The highest BCUT2D eigenvalue weighted by molar-refractivity contribution is 8.00. The summed E-state index contributed by atoms with van der Waals surface area (Å²) in [6.07, 6.45) is 10.4. The molecule has 3 rings (SSSR count). The van der Waals surface area contributed by atoms with E-state index in [0.29, 0.717) is 12.1 Å². The number of para-hydroxylation sites is 1. The Labute approximate surface area is 126 Å². The van der Waals surface area contributed by atoms with E-state index in [1.165, 1.54) is 55.5 Å². The molecule has 2 atom stereocenters. The van der Waals surface area contributed by atoms with Crippen molar-refractivity contribution in [3.8, 4) is 0 Å². The van der Waals surface area contributed by atoms with Crippen molar-refractivity contribution in [1.82, 2.24) is 0 Å². The Hall–Kier alpha value is -0.670. The number of hydrogen-bond acceptors (Lipinski definition) is 3. The van der Waals surface area contributed by atoms with Crippen LogP contribution in [0.4, 0.5) is 5.69 Å². The average molecular weight is 290 g/mol. The van der Waals surface area contributed by atoms with Gasteiger partial charge in [0.25, 0.3) is 0 Å². The molecule has 0 saturated heterocycles. The first-order valence-electron chi connectivity index (χ1n) is 8.09. The second kappa shape index (κ2) is 6.86. The zero-order valence-corrected chi connectivity index (χ0v) is 13.0. The zero-order chi connectivity index (χ0) is 13.8. The number of nitrogens with two attached hydrogens (primary N) is 1. The van der Waals surface area contributed by atoms with Gasteiger partial charge in [-0.25, -0.2) is 0 Å². The maximum atomic E-state index is 6.10. The minimum absolute atomic E-state index is 0.385. The molecular weight excluding hydrogens is 264 g/mol. The molecule has 2 nitrogen and oxygen atoms in total. The molecule has 2 saturated carbocycles. The number of benzene rings is 1. The average Bonchev–Trinajstić information content (AvgIpc) is 2.94. The van der Waals surface area contributed by atoms with E-state index in [2.05, 4.69) is 41.3 Å². The Morgan fingerprint density at radius 2 is 1.80 bits per heavy atom. The largest absolute Gasteiger partial charge is 0.381 e. The molecule has 1 aromatic carbocycles. The first-order chi connectivity index (χ1) is 9.81. The Bertz CT molecular complexity index is 429. The molecule has 0 aliphatic heterocycles. The molecule has 0 radical (unpaired) electrons. The Kier molecular flexibility index (Phi) is 4.90. The number of rotatable bonds is 4. The molecule has 2 unspecified atom stereocenters. The van der Waals surface area contributed by atoms with Crippen LogP contribution in [-0.4, -0.2) is 17.3 Å². The van der Waals surface area contributed by atoms with Gasteiger partial charge in [-0.2, -0.15) is 0 Å². The lowest BCUT2D eigenvalue weighted by atomic mass is 9.91. The summed E-state index contributed by atoms with van der Waals surface area (Å²) >= 11 is 2.07. The highest BCUT2D eigenvalue weighted by atomic mass is 32.2. The van der Waals surface area contributed by atoms with Crippen molar-refractivity contribution in [2.24, 2.45) is 5.73 Å². The molecule has 1 aromatic rings. The quantitative estimate of drug-likeness (QED) is 0.863. The van der Waals surface area contributed by atoms with Gasteiger partial charge in [0.1, 0.15) is 0 Å². The number of thioether (sulfide) groups is 1. The second-order valence-corrected chi connectivity index (χ2v) is 7.63. The van der Waals surface area contributed by atoms with Gasteiger partial charge in [-0.1, -0.05) is 25.0 Å². The normalized spacial score (nSPS) is 27.6. The summed E-state index contributed by atoms with van der Waals surface area (Å²) in [7, 11) is 0. The van der Waals surface area contributed by atoms with Crippen molar-refractivity contribution >= 4 is 17.4 Å². The van der Waals surface area contributed by atoms with Crippen LogP contribution in [0, 0.1) is 0 Å². The third kappa shape index (κ3) is 3.70. The van der Waals surface area contributed by atoms with Gasteiger partial charge in [-0.05, 0) is 50.7 Å². The van der Waals surface area contributed by atoms with Crippen LogP contribution >= 0.6 is 11.8 Å². The molecule has 0 spiro atoms. The zero-order valence-electron chi connectivity index (χ0n) is 12.2. The van der Waals surface area contributed by atoms with E-state index in [1.54, 1.807) is 0 Å². The molecule has 2 aliphatic carbocycles. The molecule has 2 fully saturated rings. The SMILES string of the molecule is NC1CCCC(Nc2ccccc2SC2CCCC2)C1. The monoisotopic (exact) mass is 290 g/mol. The van der Waals surface area contributed by atoms with Crippen LogP contribution in [0.25, 0.3) is 0 Å². The van der Waals surface area contributed by atoms with Crippen molar-refractivity contribution in [1.29, 1.82) is 0 Å². The summed E-state index contributed by atoms with van der Waals surface area (Å²) in [4.78, 5) is 1.43. The lowest BCUT2D eigenvalue weighted by molar-refractivity contribution is 0.409. The van der Waals surface area contributed by atoms with Gasteiger partial charge in [-0.3, -0.25) is 0 Å². The van der Waals surface area contributed by atoms with E-state index in [4.69, 9.17) is 5.73 Å². The molecule has 0 heterocycles. The van der Waals surface area contributed by atoms with Gasteiger partial charge in [0.2, 0.25) is 0 Å². The van der Waals surface area contributed by atoms with Gasteiger partial charge >= 0.3 is 0 Å². The third-order valence-electron chi connectivity index (χ3n) is 4.56. The van der Waals surface area contributed by atoms with Gasteiger partial charge in [0.05, 0.1) is 0 Å². The summed E-state index contributed by atoms with van der Waals surface area (Å²) in [5.41, 5.74) is 7.43. The van der Waals surface area contributed by atoms with Crippen LogP contribution in [0.2, 0.25) is 0 Å². The van der Waals surface area contributed by atoms with E-state index in [-0.39, 0.29) is 0 Å². The minimum Gasteiger partial charge on any atom is -0.381 e. The van der Waals surface area contributed by atoms with Crippen molar-refractivity contribution in [3.05, 3.63) is 24.3 Å². The Balaban J connectivity index is 1.65. The predicted molar refractivity (Wildman–Crippen MR) is 88.4 cm³/mol. The standard InChI is InChI=1S/C17H26N2S/c18-13-6-5-7-14(12-13)19-16-10-3-4-11-17(16)20-15-8-1-2-9-15/h3-4,10-11,13-15,19H,1-2,5-9,12,18H2. The second-order valence-electron chi connectivity index (χ2n) is 6.29. The molecule has 20 heavy (non-hydrogen) atoms. The maximum absolute atomic E-state index is 6.10. The summed E-state index contributed by atoms with van der Waals surface area (Å²) in [6, 6.07) is 9.75. The van der Waals surface area contributed by atoms with E-state index in [1.807, 2.05) is 0 Å². The van der Waals surface area contributed by atoms with E-state index in [0.717, 1.165) is 11.7 Å². The smallest absolute Gasteiger partial charge is 0.0480 e. The maximum Gasteiger partial charge on any atom is 0.0480 e. The molecule has 3 N–H and O–H groups in total. The fourth-order valence-electron chi connectivity index (χ4n) is 3.45. The first-order valence-corrected chi connectivity index (χ1v) is 8.97. The Morgan fingerprint density at radius 1 is 1.00 bits per heavy atom. The number of nitrogens with one attached hydrogen (secondary N) is 1. The summed E-state index contributed by atoms with van der Waals surface area (Å²) in [5, 5.41) is 4.58. The van der Waals surface area contributed by atoms with Gasteiger partial charge < -0.3 is 11.1 Å². The van der Waals surface area contributed by atoms with E-state index >= 15 is 0 Å². The third-order valence-corrected chi connectivity index (χ3v) is 5.97. The Morgan fingerprint density at radius 3 is 2.60 bits per heavy atom. The topological polar surface area (TPSA) is 38.0 Å². The van der Waals surface area contributed by atoms with Gasteiger partial charge in [0.15, 0.2) is 0 Å². The van der Waals surface area contributed by atoms with Gasteiger partial charge in [0, 0.05) is 27.9 Å². The number of hydrogen-bond donors (Lipinski definition) is 2. The van der Waals surface area contributed by atoms with Crippen molar-refractivity contribution in [2.45, 2.75) is 73.6 Å². The van der Waals surface area contributed by atoms with Crippen LogP contribution in [-0.2, 0) is 0 Å². The molecule has 3 heteroatoms. The number of anilines is 1. The van der Waals surface area contributed by atoms with Crippen LogP contribution in [0.1, 0.15) is 51.4 Å². The highest BCUT2D eigenvalue weighted by Gasteiger charge is 2.21. The van der Waals surface area contributed by atoms with Crippen LogP contribution in [0.5, 0.6) is 0 Å². The lowest BCUT2D eigenvalue weighted by Crippen LogP contribution is -2.35.